The van der Waals surface area contributed by atoms with E-state index in [0.29, 0.717) is 22.5 Å². The molecule has 0 N–H and O–H groups in total. The summed E-state index contributed by atoms with van der Waals surface area (Å²) in [7, 11) is -0.907. The highest BCUT2D eigenvalue weighted by atomic mass is 32.2. The lowest BCUT2D eigenvalue weighted by molar-refractivity contribution is -0.137. The van der Waals surface area contributed by atoms with E-state index in [4.69, 9.17) is 4.74 Å². The van der Waals surface area contributed by atoms with Crippen LogP contribution in [0.25, 0.3) is 5.69 Å². The van der Waals surface area contributed by atoms with Gasteiger partial charge in [-0.15, -0.1) is 0 Å². The third-order valence-electron chi connectivity index (χ3n) is 8.11. The van der Waals surface area contributed by atoms with Gasteiger partial charge in [-0.05, 0) is 71.7 Å². The fraction of sp³-hybridized carbons (Fsp3) is 0.367. The molecule has 1 aliphatic heterocycles. The summed E-state index contributed by atoms with van der Waals surface area (Å²) in [5, 5.41) is 8.79. The molecule has 1 saturated carbocycles. The number of ether oxygens (including phenoxy) is 1. The fourth-order valence-corrected chi connectivity index (χ4v) is 7.78. The number of aryl methyl sites for hydroxylation is 1. The van der Waals surface area contributed by atoms with E-state index < -0.39 is 27.7 Å². The average molecular weight is 614 g/mol. The number of fused-ring (bicyclic) bond motifs is 1. The SMILES string of the molecule is COC(=O)c1cnn(-c2cccc(CN3C[C@@H](C)Cc4cc(C(F)(F)F)ccc4S3(=O)=O)c2)c1C1CC1c1cnn(C)c1. The first-order valence-corrected chi connectivity index (χ1v) is 15.2. The van der Waals surface area contributed by atoms with Crippen LogP contribution in [0, 0.1) is 5.92 Å². The van der Waals surface area contributed by atoms with Gasteiger partial charge >= 0.3 is 12.1 Å². The number of methoxy groups -OCH3 is 1. The number of hydrogen-bond acceptors (Lipinski definition) is 6. The molecule has 43 heavy (non-hydrogen) atoms. The van der Waals surface area contributed by atoms with Gasteiger partial charge in [-0.25, -0.2) is 17.9 Å². The van der Waals surface area contributed by atoms with Crippen LogP contribution in [-0.4, -0.2) is 51.9 Å². The molecule has 1 aliphatic carbocycles. The van der Waals surface area contributed by atoms with Gasteiger partial charge in [0.25, 0.3) is 0 Å². The molecule has 226 valence electrons. The molecule has 0 spiro atoms. The largest absolute Gasteiger partial charge is 0.465 e. The van der Waals surface area contributed by atoms with Crippen LogP contribution < -0.4 is 0 Å². The molecule has 2 aromatic carbocycles. The molecular weight excluding hydrogens is 583 g/mol. The van der Waals surface area contributed by atoms with Crippen molar-refractivity contribution >= 4 is 16.0 Å². The van der Waals surface area contributed by atoms with E-state index in [1.54, 1.807) is 21.5 Å². The van der Waals surface area contributed by atoms with Crippen LogP contribution in [0.2, 0.25) is 0 Å². The van der Waals surface area contributed by atoms with E-state index in [-0.39, 0.29) is 47.7 Å². The molecule has 4 aromatic rings. The number of benzene rings is 2. The predicted molar refractivity (Wildman–Crippen MR) is 150 cm³/mol. The Balaban J connectivity index is 1.33. The van der Waals surface area contributed by atoms with E-state index >= 15 is 0 Å². The molecule has 6 rings (SSSR count). The van der Waals surface area contributed by atoms with E-state index in [9.17, 15) is 26.4 Å². The Labute approximate surface area is 246 Å². The molecule has 0 saturated heterocycles. The Morgan fingerprint density at radius 2 is 1.88 bits per heavy atom. The third kappa shape index (κ3) is 5.47. The lowest BCUT2D eigenvalue weighted by Crippen LogP contribution is -2.32. The summed E-state index contributed by atoms with van der Waals surface area (Å²) in [4.78, 5) is 12.6. The summed E-state index contributed by atoms with van der Waals surface area (Å²) in [6.45, 7) is 1.99. The molecule has 3 heterocycles. The number of nitrogens with zero attached hydrogens (tertiary/aromatic N) is 5. The van der Waals surface area contributed by atoms with Crippen molar-refractivity contribution in [2.24, 2.45) is 13.0 Å². The maximum atomic E-state index is 13.7. The van der Waals surface area contributed by atoms with Gasteiger partial charge in [-0.3, -0.25) is 4.68 Å². The lowest BCUT2D eigenvalue weighted by Gasteiger charge is -2.23. The van der Waals surface area contributed by atoms with Crippen molar-refractivity contribution in [3.05, 3.63) is 94.6 Å². The molecule has 0 bridgehead atoms. The summed E-state index contributed by atoms with van der Waals surface area (Å²) in [5.41, 5.74) is 2.76. The Morgan fingerprint density at radius 1 is 1.09 bits per heavy atom. The van der Waals surface area contributed by atoms with Gasteiger partial charge in [-0.1, -0.05) is 19.1 Å². The number of carbonyl (C=O) groups excluding carboxylic acids is 1. The lowest BCUT2D eigenvalue weighted by atomic mass is 9.99. The maximum Gasteiger partial charge on any atom is 0.416 e. The predicted octanol–water partition coefficient (Wildman–Crippen LogP) is 5.07. The van der Waals surface area contributed by atoms with E-state index in [2.05, 4.69) is 10.2 Å². The topological polar surface area (TPSA) is 99.3 Å². The van der Waals surface area contributed by atoms with Crippen molar-refractivity contribution in [3.8, 4) is 5.69 Å². The second-order valence-corrected chi connectivity index (χ2v) is 13.2. The molecule has 2 aliphatic rings. The van der Waals surface area contributed by atoms with E-state index in [1.807, 2.05) is 38.5 Å². The highest BCUT2D eigenvalue weighted by Crippen LogP contribution is 2.55. The minimum Gasteiger partial charge on any atom is -0.465 e. The molecular formula is C30H30F3N5O4S. The van der Waals surface area contributed by atoms with Crippen molar-refractivity contribution in [3.63, 3.8) is 0 Å². The third-order valence-corrected chi connectivity index (χ3v) is 10.0. The zero-order valence-corrected chi connectivity index (χ0v) is 24.6. The maximum absolute atomic E-state index is 13.7. The number of esters is 1. The number of sulfonamides is 1. The van der Waals surface area contributed by atoms with Gasteiger partial charge in [0.2, 0.25) is 10.0 Å². The van der Waals surface area contributed by atoms with Gasteiger partial charge < -0.3 is 4.74 Å². The first kappa shape index (κ1) is 29.1. The monoisotopic (exact) mass is 613 g/mol. The number of aromatic nitrogens is 4. The first-order chi connectivity index (χ1) is 20.4. The fourth-order valence-electron chi connectivity index (χ4n) is 6.02. The number of rotatable bonds is 6. The summed E-state index contributed by atoms with van der Waals surface area (Å²) in [6, 6.07) is 10.1. The van der Waals surface area contributed by atoms with Crippen molar-refractivity contribution in [1.82, 2.24) is 23.9 Å². The van der Waals surface area contributed by atoms with Crippen LogP contribution in [0.4, 0.5) is 13.2 Å². The Bertz CT molecular complexity index is 1810. The Hall–Kier alpha value is -3.97. The van der Waals surface area contributed by atoms with Gasteiger partial charge in [0.05, 0.1) is 41.3 Å². The molecule has 1 fully saturated rings. The zero-order valence-electron chi connectivity index (χ0n) is 23.7. The second-order valence-electron chi connectivity index (χ2n) is 11.3. The smallest absolute Gasteiger partial charge is 0.416 e. The summed E-state index contributed by atoms with van der Waals surface area (Å²) in [5.74, 6) is -0.527. The summed E-state index contributed by atoms with van der Waals surface area (Å²) in [6.07, 6.45) is 1.70. The Morgan fingerprint density at radius 3 is 2.58 bits per heavy atom. The Kier molecular flexibility index (Phi) is 7.20. The second kappa shape index (κ2) is 10.6. The molecule has 0 radical (unpaired) electrons. The molecule has 2 unspecified atom stereocenters. The van der Waals surface area contributed by atoms with Crippen LogP contribution in [0.3, 0.4) is 0 Å². The molecule has 9 nitrogen and oxygen atoms in total. The van der Waals surface area contributed by atoms with Crippen LogP contribution >= 0.6 is 0 Å². The summed E-state index contributed by atoms with van der Waals surface area (Å²) >= 11 is 0. The van der Waals surface area contributed by atoms with Crippen molar-refractivity contribution < 1.29 is 31.1 Å². The zero-order chi connectivity index (χ0) is 30.7. The molecule has 2 aromatic heterocycles. The molecule has 13 heteroatoms. The number of alkyl halides is 3. The van der Waals surface area contributed by atoms with Crippen LogP contribution in [0.1, 0.15) is 63.5 Å². The quantitative estimate of drug-likeness (QED) is 0.282. The highest BCUT2D eigenvalue weighted by molar-refractivity contribution is 7.89. The standard InChI is InChI=1S/C30H30F3N5O4S/c1-18-9-20-11-22(30(31,32)33)7-8-27(20)43(40,41)37(15-18)16-19-5-4-6-23(10-19)38-28(26(14-35-38)29(39)42-3)25-12-24(25)21-13-34-36(2)17-21/h4-8,10-11,13-14,17-18,24-25H,9,12,15-16H2,1-3H3/t18-,24?,25?/m0/s1. The number of halogens is 3. The first-order valence-electron chi connectivity index (χ1n) is 13.8. The number of hydrogen-bond donors (Lipinski definition) is 0. The van der Waals surface area contributed by atoms with Crippen LogP contribution in [0.15, 0.2) is 66.0 Å². The normalized spacial score (nSPS) is 21.7. The molecule has 0 amide bonds. The molecule has 3 atom stereocenters. The van der Waals surface area contributed by atoms with Gasteiger partial charge in [0.1, 0.15) is 5.56 Å². The van der Waals surface area contributed by atoms with Gasteiger partial charge in [0, 0.05) is 32.3 Å². The van der Waals surface area contributed by atoms with Crippen molar-refractivity contribution in [1.29, 1.82) is 0 Å². The minimum absolute atomic E-state index is 0.00869. The average Bonchev–Trinajstić information content (AvgIpc) is 3.43. The van der Waals surface area contributed by atoms with Crippen molar-refractivity contribution in [2.45, 2.75) is 49.2 Å². The number of carbonyl (C=O) groups is 1. The minimum atomic E-state index is -4.56. The van der Waals surface area contributed by atoms with Crippen LogP contribution in [-0.2, 0) is 40.9 Å². The van der Waals surface area contributed by atoms with Gasteiger partial charge in [-0.2, -0.15) is 27.7 Å². The summed E-state index contributed by atoms with van der Waals surface area (Å²) < 4.78 is 77.2. The van der Waals surface area contributed by atoms with Gasteiger partial charge in [0.15, 0.2) is 0 Å². The van der Waals surface area contributed by atoms with E-state index in [1.165, 1.54) is 17.6 Å². The van der Waals surface area contributed by atoms with E-state index in [0.717, 1.165) is 30.2 Å². The van der Waals surface area contributed by atoms with Crippen molar-refractivity contribution in [2.75, 3.05) is 13.7 Å². The highest BCUT2D eigenvalue weighted by Gasteiger charge is 2.45. The van der Waals surface area contributed by atoms with Crippen LogP contribution in [0.5, 0.6) is 0 Å².